The number of ether oxygens (including phenoxy) is 1. The summed E-state index contributed by atoms with van der Waals surface area (Å²) in [6.07, 6.45) is 2.19. The third-order valence-corrected chi connectivity index (χ3v) is 13.5. The zero-order chi connectivity index (χ0) is 43.6. The molecule has 3 fully saturated rings. The van der Waals surface area contributed by atoms with Crippen molar-refractivity contribution in [3.8, 4) is 11.5 Å². The van der Waals surface area contributed by atoms with Crippen LogP contribution in [0.15, 0.2) is 136 Å². The van der Waals surface area contributed by atoms with Crippen LogP contribution < -0.4 is 20.0 Å². The van der Waals surface area contributed by atoms with Crippen LogP contribution >= 0.6 is 27.5 Å². The van der Waals surface area contributed by atoms with Gasteiger partial charge in [-0.05, 0) is 143 Å². The lowest BCUT2D eigenvalue weighted by atomic mass is 9.49. The second-order valence-electron chi connectivity index (χ2n) is 16.1. The monoisotopic (exact) mass is 916 g/mol. The van der Waals surface area contributed by atoms with E-state index in [1.165, 1.54) is 36.3 Å². The van der Waals surface area contributed by atoms with Crippen molar-refractivity contribution in [2.45, 2.75) is 24.2 Å². The number of azo groups is 1. The largest absolute Gasteiger partial charge is 0.503 e. The summed E-state index contributed by atoms with van der Waals surface area (Å²) in [6, 6.07) is 29.7. The zero-order valence-corrected chi connectivity index (χ0v) is 36.0. The highest BCUT2D eigenvalue weighted by molar-refractivity contribution is 9.10. The van der Waals surface area contributed by atoms with E-state index < -0.39 is 58.5 Å². The zero-order valence-electron chi connectivity index (χ0n) is 33.6. The number of amides is 4. The Balaban J connectivity index is 1.12. The van der Waals surface area contributed by atoms with Crippen molar-refractivity contribution in [1.82, 2.24) is 5.01 Å². The number of rotatable bonds is 9. The Morgan fingerprint density at radius 2 is 1.50 bits per heavy atom. The maximum atomic E-state index is 15.4. The lowest BCUT2D eigenvalue weighted by Crippen LogP contribution is -2.53. The molecule has 6 atom stereocenters. The summed E-state index contributed by atoms with van der Waals surface area (Å²) in [5, 5.41) is 21.0. The Kier molecular flexibility index (Phi) is 10.5. The number of fused-ring (bicyclic) bond motifs is 4. The highest BCUT2D eigenvalue weighted by Gasteiger charge is 2.70. The molecular weight excluding hydrogens is 879 g/mol. The van der Waals surface area contributed by atoms with Crippen LogP contribution in [0.25, 0.3) is 0 Å². The van der Waals surface area contributed by atoms with Gasteiger partial charge in [0, 0.05) is 30.7 Å². The number of benzene rings is 5. The summed E-state index contributed by atoms with van der Waals surface area (Å²) in [7, 11) is 5.32. The number of imide groups is 2. The molecule has 2 heterocycles. The molecule has 1 saturated carbocycles. The fourth-order valence-corrected chi connectivity index (χ4v) is 10.4. The van der Waals surface area contributed by atoms with E-state index >= 15 is 4.79 Å². The first-order chi connectivity index (χ1) is 29.8. The van der Waals surface area contributed by atoms with E-state index in [2.05, 4.69) is 31.6 Å². The molecule has 5 aromatic rings. The maximum Gasteiger partial charge on any atom is 0.260 e. The molecular formula is C47H39BrClFN6O6. The highest BCUT2D eigenvalue weighted by atomic mass is 79.9. The number of carbonyl (C=O) groups is 4. The van der Waals surface area contributed by atoms with E-state index in [0.717, 1.165) is 10.7 Å². The van der Waals surface area contributed by atoms with Crippen LogP contribution in [0.1, 0.15) is 29.9 Å². The molecule has 4 aliphatic rings. The van der Waals surface area contributed by atoms with Crippen LogP contribution in [0.2, 0.25) is 5.02 Å². The normalized spacial score (nSPS) is 24.2. The smallest absolute Gasteiger partial charge is 0.260 e. The quantitative estimate of drug-likeness (QED) is 0.0846. The molecule has 12 nitrogen and oxygen atoms in total. The molecule has 9 rings (SSSR count). The third kappa shape index (κ3) is 6.63. The van der Waals surface area contributed by atoms with Crippen molar-refractivity contribution in [2.75, 3.05) is 36.4 Å². The number of phenols is 1. The third-order valence-electron chi connectivity index (χ3n) is 12.6. The van der Waals surface area contributed by atoms with E-state index in [4.69, 9.17) is 16.3 Å². The van der Waals surface area contributed by atoms with Gasteiger partial charge < -0.3 is 14.7 Å². The Hall–Kier alpha value is -6.38. The summed E-state index contributed by atoms with van der Waals surface area (Å²) in [6.45, 7) is 0. The van der Waals surface area contributed by atoms with Crippen molar-refractivity contribution in [1.29, 1.82) is 0 Å². The number of aromatic hydroxyl groups is 1. The molecule has 15 heteroatoms. The van der Waals surface area contributed by atoms with Gasteiger partial charge in [-0.3, -0.25) is 29.5 Å². The second-order valence-corrected chi connectivity index (χ2v) is 17.4. The topological polar surface area (TPSA) is 144 Å². The first kappa shape index (κ1) is 41.0. The first-order valence-corrected chi connectivity index (χ1v) is 21.1. The number of hydrogen-bond acceptors (Lipinski definition) is 10. The molecule has 0 radical (unpaired) electrons. The number of nitrogens with one attached hydrogen (secondary N) is 1. The van der Waals surface area contributed by atoms with Gasteiger partial charge in [-0.1, -0.05) is 35.4 Å². The van der Waals surface area contributed by atoms with E-state index in [9.17, 15) is 23.9 Å². The lowest BCUT2D eigenvalue weighted by Gasteiger charge is -2.50. The van der Waals surface area contributed by atoms with Gasteiger partial charge in [-0.25, -0.2) is 4.39 Å². The van der Waals surface area contributed by atoms with E-state index in [1.807, 2.05) is 49.3 Å². The summed E-state index contributed by atoms with van der Waals surface area (Å²) in [4.78, 5) is 62.8. The number of carbonyl (C=O) groups excluding carboxylic acids is 4. The number of allylic oxidation sites excluding steroid dienone is 2. The molecule has 314 valence electrons. The molecule has 5 aromatic carbocycles. The molecule has 0 spiro atoms. The molecule has 0 bridgehead atoms. The Bertz CT molecular complexity index is 2700. The van der Waals surface area contributed by atoms with Crippen LogP contribution in [0.5, 0.6) is 11.5 Å². The van der Waals surface area contributed by atoms with Crippen LogP contribution in [-0.4, -0.2) is 54.9 Å². The van der Waals surface area contributed by atoms with E-state index in [1.54, 1.807) is 60.7 Å². The summed E-state index contributed by atoms with van der Waals surface area (Å²) >= 11 is 9.89. The Labute approximate surface area is 369 Å². The average Bonchev–Trinajstić information content (AvgIpc) is 3.65. The summed E-state index contributed by atoms with van der Waals surface area (Å²) in [5.74, 6) is -6.65. The summed E-state index contributed by atoms with van der Waals surface area (Å²) in [5.41, 5.74) is 5.97. The van der Waals surface area contributed by atoms with Gasteiger partial charge in [-0.2, -0.15) is 15.2 Å². The van der Waals surface area contributed by atoms with Crippen molar-refractivity contribution in [3.63, 3.8) is 0 Å². The fourth-order valence-electron chi connectivity index (χ4n) is 9.80. The van der Waals surface area contributed by atoms with Gasteiger partial charge in [0.1, 0.15) is 5.82 Å². The maximum absolute atomic E-state index is 15.4. The number of anilines is 3. The molecule has 2 N–H and O–H groups in total. The highest BCUT2D eigenvalue weighted by Crippen LogP contribution is 2.65. The predicted molar refractivity (Wildman–Crippen MR) is 235 cm³/mol. The van der Waals surface area contributed by atoms with Gasteiger partial charge in [0.05, 0.1) is 57.5 Å². The Morgan fingerprint density at radius 1 is 0.855 bits per heavy atom. The van der Waals surface area contributed by atoms with Gasteiger partial charge in [0.15, 0.2) is 11.5 Å². The van der Waals surface area contributed by atoms with Crippen molar-refractivity contribution >= 4 is 79.6 Å². The lowest BCUT2D eigenvalue weighted by molar-refractivity contribution is -0.138. The van der Waals surface area contributed by atoms with E-state index in [-0.39, 0.29) is 34.7 Å². The van der Waals surface area contributed by atoms with E-state index in [0.29, 0.717) is 44.5 Å². The van der Waals surface area contributed by atoms with Crippen molar-refractivity contribution < 1.29 is 33.4 Å². The number of methoxy groups -OCH3 is 1. The molecule has 2 aliphatic heterocycles. The first-order valence-electron chi connectivity index (χ1n) is 19.9. The number of halogens is 3. The van der Waals surface area contributed by atoms with Gasteiger partial charge >= 0.3 is 0 Å². The van der Waals surface area contributed by atoms with Crippen LogP contribution in [0.4, 0.5) is 32.8 Å². The van der Waals surface area contributed by atoms with Gasteiger partial charge in [-0.15, -0.1) is 0 Å². The minimum absolute atomic E-state index is 0.0520. The fraction of sp³-hybridized carbons (Fsp3) is 0.234. The second kappa shape index (κ2) is 15.8. The average molecular weight is 918 g/mol. The number of nitrogens with zero attached hydrogens (tertiary/aromatic N) is 5. The molecule has 0 unspecified atom stereocenters. The van der Waals surface area contributed by atoms with Crippen LogP contribution in [-0.2, 0) is 24.6 Å². The SMILES string of the molecule is COc1cc([C@H]2C3=CC[C@@H]4C(=O)N(c5ccc(N=Nc6ccc(N(C)C)cc6)cc5)C(=O)[C@@H]4[C@@H]3C[C@H]3C(=O)N(Nc4ccc(F)cc4)C(=O)[C@@]23c2ccc(Cl)cc2)cc(Br)c1O. The van der Waals surface area contributed by atoms with Gasteiger partial charge in [0.2, 0.25) is 11.8 Å². The standard InChI is InChI=1S/C47H39BrClFN6O6/c1-54(2)32-16-12-29(13-17-32)51-52-30-14-18-33(19-15-30)55-43(58)35-21-20-34-36(40(35)45(55)60)24-37-44(59)56(53-31-10-8-28(50)9-11-31)46(61)47(37,26-4-6-27(49)7-5-26)41(34)25-22-38(48)42(57)39(23-25)62-3/h4-20,22-23,35-37,40-41,53,57H,21,24H2,1-3H3/t35-,36+,37-,40-,41-,47+/m0/s1. The number of hydrazine groups is 1. The molecule has 0 aromatic heterocycles. The van der Waals surface area contributed by atoms with Crippen molar-refractivity contribution in [2.24, 2.45) is 33.9 Å². The predicted octanol–water partition coefficient (Wildman–Crippen LogP) is 9.63. The minimum atomic E-state index is -1.62. The van der Waals surface area contributed by atoms with Crippen molar-refractivity contribution in [3.05, 3.63) is 147 Å². The molecule has 62 heavy (non-hydrogen) atoms. The Morgan fingerprint density at radius 3 is 2.13 bits per heavy atom. The molecule has 2 saturated heterocycles. The van der Waals surface area contributed by atoms with Gasteiger partial charge in [0.25, 0.3) is 11.8 Å². The molecule has 2 aliphatic carbocycles. The molecule has 4 amide bonds. The number of phenolic OH excluding ortho intramolecular Hbond substituents is 1. The summed E-state index contributed by atoms with van der Waals surface area (Å²) < 4.78 is 19.9. The number of hydrogen-bond donors (Lipinski definition) is 2. The van der Waals surface area contributed by atoms with Crippen LogP contribution in [0.3, 0.4) is 0 Å². The minimum Gasteiger partial charge on any atom is -0.503 e. The van der Waals surface area contributed by atoms with Crippen LogP contribution in [0, 0.1) is 29.5 Å².